The van der Waals surface area contributed by atoms with E-state index in [9.17, 15) is 9.18 Å². The lowest BCUT2D eigenvalue weighted by Gasteiger charge is -2.35. The fourth-order valence-electron chi connectivity index (χ4n) is 3.51. The van der Waals surface area contributed by atoms with Crippen molar-refractivity contribution in [3.8, 4) is 16.9 Å². The van der Waals surface area contributed by atoms with Crippen molar-refractivity contribution < 1.29 is 18.7 Å². The molecule has 0 spiro atoms. The average molecular weight is 413 g/mol. The van der Waals surface area contributed by atoms with E-state index in [0.717, 1.165) is 5.82 Å². The lowest BCUT2D eigenvalue weighted by atomic mass is 10.1. The number of piperazine rings is 1. The molecule has 1 aromatic carbocycles. The molecule has 9 heteroatoms. The van der Waals surface area contributed by atoms with Crippen molar-refractivity contribution in [2.24, 2.45) is 0 Å². The Balaban J connectivity index is 1.59. The number of ether oxygens (including phenoxy) is 2. The molecule has 30 heavy (non-hydrogen) atoms. The van der Waals surface area contributed by atoms with Gasteiger partial charge < -0.3 is 19.3 Å². The molecule has 1 saturated heterocycles. The van der Waals surface area contributed by atoms with Crippen LogP contribution in [-0.4, -0.2) is 65.0 Å². The van der Waals surface area contributed by atoms with Gasteiger partial charge in [-0.15, -0.1) is 0 Å². The maximum atomic E-state index is 13.9. The summed E-state index contributed by atoms with van der Waals surface area (Å²) >= 11 is 0. The first-order valence-corrected chi connectivity index (χ1v) is 9.85. The summed E-state index contributed by atoms with van der Waals surface area (Å²) in [5.74, 6) is 0.970. The zero-order valence-electron chi connectivity index (χ0n) is 17.2. The van der Waals surface area contributed by atoms with E-state index in [1.54, 1.807) is 28.8 Å². The van der Waals surface area contributed by atoms with E-state index in [2.05, 4.69) is 10.00 Å². The molecular formula is C21H24FN5O3. The molecule has 0 saturated carbocycles. The Morgan fingerprint density at radius 1 is 1.13 bits per heavy atom. The first-order valence-electron chi connectivity index (χ1n) is 9.85. The lowest BCUT2D eigenvalue weighted by molar-refractivity contribution is 0.0751. The third-order valence-electron chi connectivity index (χ3n) is 5.00. The number of aromatic nitrogens is 3. The number of anilines is 1. The Labute approximate surface area is 173 Å². The van der Waals surface area contributed by atoms with Crippen molar-refractivity contribution in [2.75, 3.05) is 38.2 Å². The summed E-state index contributed by atoms with van der Waals surface area (Å²) in [5, 5.41) is 4.34. The third kappa shape index (κ3) is 3.87. The number of carbonyl (C=O) groups is 1. The highest BCUT2D eigenvalue weighted by molar-refractivity contribution is 5.81. The molecule has 0 radical (unpaired) electrons. The molecule has 0 aliphatic carbocycles. The predicted octanol–water partition coefficient (Wildman–Crippen LogP) is 3.21. The molecule has 0 bridgehead atoms. The normalized spacial score (nSPS) is 14.4. The molecule has 3 heterocycles. The van der Waals surface area contributed by atoms with Crippen LogP contribution in [-0.2, 0) is 4.74 Å². The van der Waals surface area contributed by atoms with Gasteiger partial charge >= 0.3 is 6.09 Å². The number of methoxy groups -OCH3 is 1. The first-order chi connectivity index (χ1) is 14.5. The second-order valence-corrected chi connectivity index (χ2v) is 7.36. The maximum Gasteiger partial charge on any atom is 0.410 e. The Hall–Kier alpha value is -3.36. The molecule has 8 nitrogen and oxygen atoms in total. The van der Waals surface area contributed by atoms with Crippen LogP contribution in [0, 0.1) is 5.82 Å². The highest BCUT2D eigenvalue weighted by atomic mass is 19.1. The molecule has 4 rings (SSSR count). The minimum atomic E-state index is -0.356. The minimum absolute atomic E-state index is 0.139. The van der Waals surface area contributed by atoms with Crippen LogP contribution in [0.25, 0.3) is 16.8 Å². The highest BCUT2D eigenvalue weighted by Gasteiger charge is 2.24. The van der Waals surface area contributed by atoms with Crippen molar-refractivity contribution in [3.05, 3.63) is 42.5 Å². The number of rotatable bonds is 4. The zero-order chi connectivity index (χ0) is 21.3. The molecule has 3 aromatic rings. The maximum absolute atomic E-state index is 13.9. The number of hydrogen-bond donors (Lipinski definition) is 0. The molecule has 1 aliphatic rings. The smallest absolute Gasteiger partial charge is 0.410 e. The van der Waals surface area contributed by atoms with Gasteiger partial charge in [-0.3, -0.25) is 0 Å². The Bertz CT molecular complexity index is 1060. The molecule has 1 fully saturated rings. The van der Waals surface area contributed by atoms with E-state index in [4.69, 9.17) is 14.5 Å². The minimum Gasteiger partial charge on any atom is -0.496 e. The SMILES string of the molecule is COc1ccc(F)cc1-c1cnn2ccc(N3CCN(C(=O)OC(C)C)CC3)nc12. The number of hydrogen-bond acceptors (Lipinski definition) is 6. The largest absolute Gasteiger partial charge is 0.496 e. The summed E-state index contributed by atoms with van der Waals surface area (Å²) in [6, 6.07) is 6.25. The van der Waals surface area contributed by atoms with Crippen molar-refractivity contribution in [2.45, 2.75) is 20.0 Å². The predicted molar refractivity (Wildman–Crippen MR) is 110 cm³/mol. The molecule has 158 valence electrons. The standard InChI is InChI=1S/C21H24FN5O3/c1-14(2)30-21(28)26-10-8-25(9-11-26)19-6-7-27-20(24-19)17(13-23-27)16-12-15(22)4-5-18(16)29-3/h4-7,12-14H,8-11H2,1-3H3. The summed E-state index contributed by atoms with van der Waals surface area (Å²) in [6.45, 7) is 6.07. The van der Waals surface area contributed by atoms with Crippen LogP contribution in [0.1, 0.15) is 13.8 Å². The molecule has 0 atom stereocenters. The molecular weight excluding hydrogens is 389 g/mol. The van der Waals surface area contributed by atoms with Crippen LogP contribution in [0.5, 0.6) is 5.75 Å². The number of amides is 1. The van der Waals surface area contributed by atoms with Gasteiger partial charge in [0.05, 0.1) is 25.0 Å². The summed E-state index contributed by atoms with van der Waals surface area (Å²) in [5.41, 5.74) is 1.89. The number of halogens is 1. The van der Waals surface area contributed by atoms with Gasteiger partial charge in [0.25, 0.3) is 0 Å². The van der Waals surface area contributed by atoms with Gasteiger partial charge in [-0.05, 0) is 38.1 Å². The molecule has 2 aromatic heterocycles. The molecule has 1 aliphatic heterocycles. The van der Waals surface area contributed by atoms with Crippen LogP contribution in [0.3, 0.4) is 0 Å². The summed E-state index contributed by atoms with van der Waals surface area (Å²) < 4.78 is 26.2. The number of benzene rings is 1. The van der Waals surface area contributed by atoms with E-state index in [1.165, 1.54) is 12.1 Å². The van der Waals surface area contributed by atoms with Crippen LogP contribution in [0.4, 0.5) is 15.0 Å². The van der Waals surface area contributed by atoms with Gasteiger partial charge in [0, 0.05) is 37.9 Å². The van der Waals surface area contributed by atoms with Gasteiger partial charge in [-0.2, -0.15) is 5.10 Å². The second kappa shape index (κ2) is 8.17. The highest BCUT2D eigenvalue weighted by Crippen LogP contribution is 2.33. The van der Waals surface area contributed by atoms with Gasteiger partial charge in [-0.25, -0.2) is 18.7 Å². The van der Waals surface area contributed by atoms with E-state index < -0.39 is 0 Å². The van der Waals surface area contributed by atoms with E-state index in [-0.39, 0.29) is 18.0 Å². The van der Waals surface area contributed by atoms with Gasteiger partial charge in [0.1, 0.15) is 17.4 Å². The van der Waals surface area contributed by atoms with Gasteiger partial charge in [0.2, 0.25) is 0 Å². The topological polar surface area (TPSA) is 72.2 Å². The van der Waals surface area contributed by atoms with Crippen LogP contribution in [0.15, 0.2) is 36.7 Å². The van der Waals surface area contributed by atoms with Crippen molar-refractivity contribution in [1.29, 1.82) is 0 Å². The number of fused-ring (bicyclic) bond motifs is 1. The van der Waals surface area contributed by atoms with Crippen molar-refractivity contribution in [1.82, 2.24) is 19.5 Å². The van der Waals surface area contributed by atoms with Gasteiger partial charge in [-0.1, -0.05) is 0 Å². The molecule has 1 amide bonds. The van der Waals surface area contributed by atoms with Crippen molar-refractivity contribution in [3.63, 3.8) is 0 Å². The quantitative estimate of drug-likeness (QED) is 0.654. The fraction of sp³-hybridized carbons (Fsp3) is 0.381. The summed E-state index contributed by atoms with van der Waals surface area (Å²) in [7, 11) is 1.55. The Kier molecular flexibility index (Phi) is 5.43. The van der Waals surface area contributed by atoms with E-state index >= 15 is 0 Å². The monoisotopic (exact) mass is 413 g/mol. The van der Waals surface area contributed by atoms with Gasteiger partial charge in [0.15, 0.2) is 5.65 Å². The summed E-state index contributed by atoms with van der Waals surface area (Å²) in [4.78, 5) is 20.7. The van der Waals surface area contributed by atoms with E-state index in [0.29, 0.717) is 48.7 Å². The summed E-state index contributed by atoms with van der Waals surface area (Å²) in [6.07, 6.45) is 3.05. The first kappa shape index (κ1) is 19.9. The number of nitrogens with zero attached hydrogens (tertiary/aromatic N) is 5. The zero-order valence-corrected chi connectivity index (χ0v) is 17.2. The average Bonchev–Trinajstić information content (AvgIpc) is 3.16. The lowest BCUT2D eigenvalue weighted by Crippen LogP contribution is -2.49. The van der Waals surface area contributed by atoms with Crippen LogP contribution < -0.4 is 9.64 Å². The second-order valence-electron chi connectivity index (χ2n) is 7.36. The Morgan fingerprint density at radius 2 is 1.90 bits per heavy atom. The third-order valence-corrected chi connectivity index (χ3v) is 5.00. The molecule has 0 N–H and O–H groups in total. The number of carbonyl (C=O) groups excluding carboxylic acids is 1. The Morgan fingerprint density at radius 3 is 2.60 bits per heavy atom. The fourth-order valence-corrected chi connectivity index (χ4v) is 3.51. The van der Waals surface area contributed by atoms with Crippen molar-refractivity contribution >= 4 is 17.6 Å². The van der Waals surface area contributed by atoms with E-state index in [1.807, 2.05) is 26.1 Å². The van der Waals surface area contributed by atoms with Crippen LogP contribution in [0.2, 0.25) is 0 Å². The van der Waals surface area contributed by atoms with Crippen LogP contribution >= 0.6 is 0 Å². The molecule has 0 unspecified atom stereocenters.